The van der Waals surface area contributed by atoms with Gasteiger partial charge in [0.05, 0.1) is 6.10 Å². The molecule has 4 rings (SSSR count). The normalized spacial score (nSPS) is 24.2. The fraction of sp³-hybridized carbons (Fsp3) is 0.474. The van der Waals surface area contributed by atoms with Crippen molar-refractivity contribution in [3.63, 3.8) is 0 Å². The van der Waals surface area contributed by atoms with Crippen LogP contribution < -0.4 is 0 Å². The maximum atomic E-state index is 12.5. The lowest BCUT2D eigenvalue weighted by Crippen LogP contribution is -2.56. The minimum absolute atomic E-state index is 0.106. The summed E-state index contributed by atoms with van der Waals surface area (Å²) < 4.78 is 0. The zero-order chi connectivity index (χ0) is 17.4. The molecule has 1 aromatic carbocycles. The van der Waals surface area contributed by atoms with Gasteiger partial charge in [0.1, 0.15) is 5.69 Å². The number of nitrogens with zero attached hydrogens (tertiary/aromatic N) is 3. The molecule has 0 unspecified atom stereocenters. The van der Waals surface area contributed by atoms with Crippen molar-refractivity contribution in [2.24, 2.45) is 0 Å². The number of aliphatic hydroxyl groups excluding tert-OH is 1. The number of hydrogen-bond donors (Lipinski definition) is 2. The third-order valence-corrected chi connectivity index (χ3v) is 5.39. The Morgan fingerprint density at radius 1 is 1.28 bits per heavy atom. The number of amides is 1. The quantitative estimate of drug-likeness (QED) is 0.866. The Labute approximate surface area is 147 Å². The molecule has 1 fully saturated rings. The topological polar surface area (TPSA) is 72.5 Å². The van der Waals surface area contributed by atoms with E-state index in [0.29, 0.717) is 18.8 Å². The maximum Gasteiger partial charge on any atom is 0.274 e. The minimum Gasteiger partial charge on any atom is -0.390 e. The number of β-amino-alcohol motifs (C(OH)–C–C–N with tert-alkyl or cyclic N) is 1. The summed E-state index contributed by atoms with van der Waals surface area (Å²) in [5, 5.41) is 17.5. The van der Waals surface area contributed by atoms with Crippen LogP contribution in [0.5, 0.6) is 0 Å². The molecule has 2 atom stereocenters. The van der Waals surface area contributed by atoms with E-state index < -0.39 is 6.10 Å². The molecule has 2 aliphatic rings. The average Bonchev–Trinajstić information content (AvgIpc) is 3.07. The number of fused-ring (bicyclic) bond motifs is 1. The van der Waals surface area contributed by atoms with Crippen molar-refractivity contribution in [1.29, 1.82) is 0 Å². The summed E-state index contributed by atoms with van der Waals surface area (Å²) in [6.07, 6.45) is 1.29. The van der Waals surface area contributed by atoms with Gasteiger partial charge in [0.25, 0.3) is 5.91 Å². The van der Waals surface area contributed by atoms with Crippen LogP contribution in [0.1, 0.15) is 33.7 Å². The molecule has 1 aromatic heterocycles. The molecule has 1 amide bonds. The Balaban J connectivity index is 1.41. The number of aromatic amines is 1. The third-order valence-electron chi connectivity index (χ3n) is 5.39. The van der Waals surface area contributed by atoms with E-state index in [1.807, 2.05) is 6.92 Å². The van der Waals surface area contributed by atoms with E-state index >= 15 is 0 Å². The smallest absolute Gasteiger partial charge is 0.274 e. The van der Waals surface area contributed by atoms with Crippen LogP contribution in [0.4, 0.5) is 0 Å². The van der Waals surface area contributed by atoms with E-state index in [1.165, 1.54) is 11.1 Å². The van der Waals surface area contributed by atoms with Crippen LogP contribution in [0.15, 0.2) is 30.3 Å². The fourth-order valence-electron chi connectivity index (χ4n) is 4.02. The number of aryl methyl sites for hydroxylation is 1. The van der Waals surface area contributed by atoms with Gasteiger partial charge in [-0.1, -0.05) is 24.3 Å². The van der Waals surface area contributed by atoms with Gasteiger partial charge < -0.3 is 10.0 Å². The van der Waals surface area contributed by atoms with Crippen LogP contribution in [-0.4, -0.2) is 62.8 Å². The maximum absolute atomic E-state index is 12.5. The average molecular weight is 340 g/mol. The summed E-state index contributed by atoms with van der Waals surface area (Å²) >= 11 is 0. The van der Waals surface area contributed by atoms with Crippen LogP contribution in [0, 0.1) is 6.92 Å². The fourth-order valence-corrected chi connectivity index (χ4v) is 4.02. The minimum atomic E-state index is -0.525. The largest absolute Gasteiger partial charge is 0.390 e. The predicted octanol–water partition coefficient (Wildman–Crippen LogP) is 1.35. The van der Waals surface area contributed by atoms with E-state index in [1.54, 1.807) is 11.0 Å². The summed E-state index contributed by atoms with van der Waals surface area (Å²) in [5.74, 6) is -0.106. The number of likely N-dealkylation sites (tertiary alicyclic amines) is 1. The Morgan fingerprint density at radius 3 is 2.80 bits per heavy atom. The first-order chi connectivity index (χ1) is 12.1. The van der Waals surface area contributed by atoms with E-state index in [2.05, 4.69) is 39.4 Å². The molecule has 0 saturated carbocycles. The molecule has 0 radical (unpaired) electrons. The van der Waals surface area contributed by atoms with Gasteiger partial charge in [0.15, 0.2) is 0 Å². The molecule has 2 aliphatic heterocycles. The molecular weight excluding hydrogens is 316 g/mol. The van der Waals surface area contributed by atoms with Crippen LogP contribution >= 0.6 is 0 Å². The lowest BCUT2D eigenvalue weighted by Gasteiger charge is -2.43. The number of carbonyl (C=O) groups excluding carboxylic acids is 1. The number of nitrogens with one attached hydrogen (secondary N) is 1. The van der Waals surface area contributed by atoms with E-state index in [4.69, 9.17) is 0 Å². The Kier molecular flexibility index (Phi) is 4.31. The SMILES string of the molecule is Cc1cc(C(=O)N2CC[C@@H](N3CCc4ccccc4C3)[C@H](O)C2)n[nH]1. The summed E-state index contributed by atoms with van der Waals surface area (Å²) in [6, 6.07) is 10.4. The van der Waals surface area contributed by atoms with E-state index in [0.717, 1.165) is 31.6 Å². The van der Waals surface area contributed by atoms with Gasteiger partial charge in [0, 0.05) is 37.9 Å². The molecule has 3 heterocycles. The highest BCUT2D eigenvalue weighted by Crippen LogP contribution is 2.25. The Bertz CT molecular complexity index is 772. The van der Waals surface area contributed by atoms with Gasteiger partial charge in [-0.3, -0.25) is 14.8 Å². The molecule has 0 spiro atoms. The van der Waals surface area contributed by atoms with Gasteiger partial charge in [0.2, 0.25) is 0 Å². The highest BCUT2D eigenvalue weighted by atomic mass is 16.3. The van der Waals surface area contributed by atoms with Crippen LogP contribution in [0.3, 0.4) is 0 Å². The molecule has 2 aromatic rings. The number of piperidine rings is 1. The van der Waals surface area contributed by atoms with Crippen LogP contribution in [0.25, 0.3) is 0 Å². The lowest BCUT2D eigenvalue weighted by molar-refractivity contribution is -0.0139. The number of rotatable bonds is 2. The molecule has 6 heteroatoms. The zero-order valence-electron chi connectivity index (χ0n) is 14.5. The third kappa shape index (κ3) is 3.19. The summed E-state index contributed by atoms with van der Waals surface area (Å²) in [6.45, 7) is 4.74. The molecule has 0 bridgehead atoms. The van der Waals surface area contributed by atoms with E-state index in [9.17, 15) is 9.90 Å². The second kappa shape index (κ2) is 6.61. The first-order valence-corrected chi connectivity index (χ1v) is 8.92. The zero-order valence-corrected chi connectivity index (χ0v) is 14.5. The highest BCUT2D eigenvalue weighted by molar-refractivity contribution is 5.92. The van der Waals surface area contributed by atoms with Gasteiger partial charge in [-0.15, -0.1) is 0 Å². The van der Waals surface area contributed by atoms with Crippen LogP contribution in [-0.2, 0) is 13.0 Å². The monoisotopic (exact) mass is 340 g/mol. The van der Waals surface area contributed by atoms with E-state index in [-0.39, 0.29) is 11.9 Å². The van der Waals surface area contributed by atoms with Crippen molar-refractivity contribution in [3.8, 4) is 0 Å². The molecular formula is C19H24N4O2. The first-order valence-electron chi connectivity index (χ1n) is 8.92. The Morgan fingerprint density at radius 2 is 2.08 bits per heavy atom. The van der Waals surface area contributed by atoms with Crippen LogP contribution in [0.2, 0.25) is 0 Å². The van der Waals surface area contributed by atoms with Crippen molar-refractivity contribution in [2.45, 2.75) is 38.5 Å². The molecule has 2 N–H and O–H groups in total. The van der Waals surface area contributed by atoms with Crippen molar-refractivity contribution < 1.29 is 9.90 Å². The van der Waals surface area contributed by atoms with Crippen molar-refractivity contribution in [3.05, 3.63) is 52.8 Å². The number of carbonyl (C=O) groups is 1. The second-order valence-electron chi connectivity index (χ2n) is 7.10. The number of H-pyrrole nitrogens is 1. The summed E-state index contributed by atoms with van der Waals surface area (Å²) in [7, 11) is 0. The lowest BCUT2D eigenvalue weighted by atomic mass is 9.94. The van der Waals surface area contributed by atoms with Gasteiger partial charge in [-0.05, 0) is 37.0 Å². The highest BCUT2D eigenvalue weighted by Gasteiger charge is 2.35. The van der Waals surface area contributed by atoms with Gasteiger partial charge in [-0.25, -0.2) is 0 Å². The predicted molar refractivity (Wildman–Crippen MR) is 94.2 cm³/mol. The summed E-state index contributed by atoms with van der Waals surface area (Å²) in [4.78, 5) is 16.6. The molecule has 0 aliphatic carbocycles. The number of aromatic nitrogens is 2. The van der Waals surface area contributed by atoms with Crippen molar-refractivity contribution >= 4 is 5.91 Å². The second-order valence-corrected chi connectivity index (χ2v) is 7.10. The standard InChI is InChI=1S/C19H24N4O2/c1-13-10-16(21-20-13)19(25)23-9-7-17(18(24)12-23)22-8-6-14-4-2-3-5-15(14)11-22/h2-5,10,17-18,24H,6-9,11-12H2,1H3,(H,20,21)/t17-,18-/m1/s1. The summed E-state index contributed by atoms with van der Waals surface area (Å²) in [5.41, 5.74) is 4.06. The number of benzene rings is 1. The first kappa shape index (κ1) is 16.3. The molecule has 6 nitrogen and oxygen atoms in total. The van der Waals surface area contributed by atoms with Gasteiger partial charge in [-0.2, -0.15) is 5.10 Å². The molecule has 1 saturated heterocycles. The number of hydrogen-bond acceptors (Lipinski definition) is 4. The van der Waals surface area contributed by atoms with Crippen molar-refractivity contribution in [2.75, 3.05) is 19.6 Å². The molecule has 132 valence electrons. The molecule has 25 heavy (non-hydrogen) atoms. The Hall–Kier alpha value is -2.18. The van der Waals surface area contributed by atoms with Gasteiger partial charge >= 0.3 is 0 Å². The number of aliphatic hydroxyl groups is 1. The van der Waals surface area contributed by atoms with Crippen molar-refractivity contribution in [1.82, 2.24) is 20.0 Å².